The number of benzene rings is 2. The standard InChI is InChI=1S/C18H17NO7S/c1-24-12-7-8-13(15(11-12)25-2)18(21)26-10-9-19-17(20)14-5-3-4-6-16(14)27(19,22)23/h3-8,11H,9-10H2,1-2H3. The number of esters is 1. The molecule has 0 aromatic heterocycles. The summed E-state index contributed by atoms with van der Waals surface area (Å²) in [5.74, 6) is -0.564. The van der Waals surface area contributed by atoms with Gasteiger partial charge >= 0.3 is 5.97 Å². The van der Waals surface area contributed by atoms with Crippen molar-refractivity contribution in [3.8, 4) is 11.5 Å². The maximum Gasteiger partial charge on any atom is 0.341 e. The van der Waals surface area contributed by atoms with E-state index in [1.165, 1.54) is 38.5 Å². The fourth-order valence-electron chi connectivity index (χ4n) is 2.72. The van der Waals surface area contributed by atoms with Crippen molar-refractivity contribution in [2.75, 3.05) is 27.4 Å². The van der Waals surface area contributed by atoms with Gasteiger partial charge in [0.2, 0.25) is 0 Å². The molecule has 0 fully saturated rings. The van der Waals surface area contributed by atoms with Crippen LogP contribution in [0, 0.1) is 0 Å². The Morgan fingerprint density at radius 1 is 1.07 bits per heavy atom. The first-order chi connectivity index (χ1) is 12.9. The molecule has 2 aromatic carbocycles. The molecule has 1 aliphatic rings. The molecule has 0 N–H and O–H groups in total. The zero-order valence-corrected chi connectivity index (χ0v) is 15.5. The van der Waals surface area contributed by atoms with Crippen molar-refractivity contribution < 1.29 is 32.2 Å². The average Bonchev–Trinajstić information content (AvgIpc) is 2.88. The van der Waals surface area contributed by atoms with E-state index in [2.05, 4.69) is 0 Å². The van der Waals surface area contributed by atoms with Crippen LogP contribution in [0.3, 0.4) is 0 Å². The monoisotopic (exact) mass is 391 g/mol. The first-order valence-electron chi connectivity index (χ1n) is 7.95. The lowest BCUT2D eigenvalue weighted by Gasteiger charge is -2.15. The number of amides is 1. The van der Waals surface area contributed by atoms with E-state index in [0.717, 1.165) is 0 Å². The Hall–Kier alpha value is -3.07. The number of methoxy groups -OCH3 is 2. The quantitative estimate of drug-likeness (QED) is 0.691. The van der Waals surface area contributed by atoms with Gasteiger partial charge in [-0.1, -0.05) is 12.1 Å². The third-order valence-electron chi connectivity index (χ3n) is 4.07. The molecule has 1 heterocycles. The number of ether oxygens (including phenoxy) is 3. The maximum atomic E-state index is 12.4. The van der Waals surface area contributed by atoms with Crippen LogP contribution in [0.1, 0.15) is 20.7 Å². The number of nitrogens with zero attached hydrogens (tertiary/aromatic N) is 1. The minimum atomic E-state index is -3.93. The van der Waals surface area contributed by atoms with Gasteiger partial charge in [0.1, 0.15) is 28.6 Å². The zero-order valence-electron chi connectivity index (χ0n) is 14.7. The predicted octanol–water partition coefficient (Wildman–Crippen LogP) is 1.71. The molecule has 27 heavy (non-hydrogen) atoms. The molecule has 2 aromatic rings. The van der Waals surface area contributed by atoms with Crippen LogP contribution in [-0.4, -0.2) is 52.0 Å². The number of hydrogen-bond acceptors (Lipinski definition) is 7. The first kappa shape index (κ1) is 18.7. The second kappa shape index (κ2) is 7.28. The molecule has 0 aliphatic carbocycles. The van der Waals surface area contributed by atoms with Crippen molar-refractivity contribution in [3.05, 3.63) is 53.6 Å². The van der Waals surface area contributed by atoms with Crippen LogP contribution in [0.5, 0.6) is 11.5 Å². The van der Waals surface area contributed by atoms with E-state index >= 15 is 0 Å². The summed E-state index contributed by atoms with van der Waals surface area (Å²) in [5, 5.41) is 0. The summed E-state index contributed by atoms with van der Waals surface area (Å²) in [4.78, 5) is 24.5. The number of carbonyl (C=O) groups is 2. The molecule has 0 spiro atoms. The topological polar surface area (TPSA) is 99.2 Å². The largest absolute Gasteiger partial charge is 0.497 e. The van der Waals surface area contributed by atoms with Crippen molar-refractivity contribution >= 4 is 21.9 Å². The van der Waals surface area contributed by atoms with Crippen LogP contribution in [-0.2, 0) is 14.8 Å². The Kier molecular flexibility index (Phi) is 5.04. The van der Waals surface area contributed by atoms with Gasteiger partial charge in [0.15, 0.2) is 0 Å². The highest BCUT2D eigenvalue weighted by molar-refractivity contribution is 7.90. The molecule has 1 aliphatic heterocycles. The molecule has 9 heteroatoms. The van der Waals surface area contributed by atoms with E-state index in [9.17, 15) is 18.0 Å². The average molecular weight is 391 g/mol. The Morgan fingerprint density at radius 3 is 2.48 bits per heavy atom. The predicted molar refractivity (Wildman–Crippen MR) is 94.5 cm³/mol. The molecule has 3 rings (SSSR count). The van der Waals surface area contributed by atoms with Crippen LogP contribution >= 0.6 is 0 Å². The van der Waals surface area contributed by atoms with Crippen LogP contribution in [0.15, 0.2) is 47.4 Å². The van der Waals surface area contributed by atoms with Gasteiger partial charge in [0.05, 0.1) is 26.3 Å². The van der Waals surface area contributed by atoms with Crippen LogP contribution in [0.2, 0.25) is 0 Å². The molecule has 0 bridgehead atoms. The van der Waals surface area contributed by atoms with Gasteiger partial charge in [-0.15, -0.1) is 0 Å². The summed E-state index contributed by atoms with van der Waals surface area (Å²) < 4.78 is 40.9. The van der Waals surface area contributed by atoms with Crippen molar-refractivity contribution in [1.29, 1.82) is 0 Å². The van der Waals surface area contributed by atoms with Crippen LogP contribution in [0.4, 0.5) is 0 Å². The van der Waals surface area contributed by atoms with E-state index in [-0.39, 0.29) is 34.9 Å². The van der Waals surface area contributed by atoms with E-state index in [0.29, 0.717) is 10.1 Å². The van der Waals surface area contributed by atoms with Gasteiger partial charge in [0, 0.05) is 6.07 Å². The molecule has 0 unspecified atom stereocenters. The smallest absolute Gasteiger partial charge is 0.341 e. The van der Waals surface area contributed by atoms with Crippen LogP contribution < -0.4 is 9.47 Å². The van der Waals surface area contributed by atoms with Gasteiger partial charge in [-0.2, -0.15) is 0 Å². The minimum Gasteiger partial charge on any atom is -0.497 e. The van der Waals surface area contributed by atoms with Crippen molar-refractivity contribution in [2.24, 2.45) is 0 Å². The van der Waals surface area contributed by atoms with E-state index in [1.54, 1.807) is 18.2 Å². The third-order valence-corrected chi connectivity index (χ3v) is 5.91. The maximum absolute atomic E-state index is 12.4. The lowest BCUT2D eigenvalue weighted by molar-refractivity contribution is 0.0474. The fourth-order valence-corrected chi connectivity index (χ4v) is 4.27. The van der Waals surface area contributed by atoms with Gasteiger partial charge in [-0.3, -0.25) is 4.79 Å². The summed E-state index contributed by atoms with van der Waals surface area (Å²) in [6.45, 7) is -0.562. The Morgan fingerprint density at radius 2 is 1.81 bits per heavy atom. The normalized spacial score (nSPS) is 14.6. The molecule has 0 radical (unpaired) electrons. The van der Waals surface area contributed by atoms with E-state index in [4.69, 9.17) is 14.2 Å². The number of sulfonamides is 1. The number of hydrogen-bond donors (Lipinski definition) is 0. The number of rotatable bonds is 6. The molecular weight excluding hydrogens is 374 g/mol. The van der Waals surface area contributed by atoms with Crippen LogP contribution in [0.25, 0.3) is 0 Å². The summed E-state index contributed by atoms with van der Waals surface area (Å²) >= 11 is 0. The molecule has 0 saturated heterocycles. The summed E-state index contributed by atoms with van der Waals surface area (Å²) in [6.07, 6.45) is 0. The number of fused-ring (bicyclic) bond motifs is 1. The zero-order chi connectivity index (χ0) is 19.6. The lowest BCUT2D eigenvalue weighted by atomic mass is 10.2. The molecular formula is C18H17NO7S. The van der Waals surface area contributed by atoms with Gasteiger partial charge in [-0.05, 0) is 24.3 Å². The SMILES string of the molecule is COc1ccc(C(=O)OCCN2C(=O)c3ccccc3S2(=O)=O)c(OC)c1. The Balaban J connectivity index is 1.69. The fraction of sp³-hybridized carbons (Fsp3) is 0.222. The summed E-state index contributed by atoms with van der Waals surface area (Å²) in [5.41, 5.74) is 0.276. The number of carbonyl (C=O) groups excluding carboxylic acids is 2. The molecule has 0 saturated carbocycles. The van der Waals surface area contributed by atoms with Crippen molar-refractivity contribution in [3.63, 3.8) is 0 Å². The van der Waals surface area contributed by atoms with Gasteiger partial charge in [-0.25, -0.2) is 17.5 Å². The Bertz CT molecular complexity index is 1000. The highest BCUT2D eigenvalue weighted by Gasteiger charge is 2.40. The third kappa shape index (κ3) is 3.33. The minimum absolute atomic E-state index is 0.0434. The van der Waals surface area contributed by atoms with Crippen molar-refractivity contribution in [2.45, 2.75) is 4.90 Å². The van der Waals surface area contributed by atoms with Gasteiger partial charge in [0.25, 0.3) is 15.9 Å². The summed E-state index contributed by atoms with van der Waals surface area (Å²) in [7, 11) is -1.04. The molecule has 8 nitrogen and oxygen atoms in total. The van der Waals surface area contributed by atoms with Crippen molar-refractivity contribution in [1.82, 2.24) is 4.31 Å². The lowest BCUT2D eigenvalue weighted by Crippen LogP contribution is -2.33. The van der Waals surface area contributed by atoms with Gasteiger partial charge < -0.3 is 14.2 Å². The second-order valence-corrected chi connectivity index (χ2v) is 7.41. The highest BCUT2D eigenvalue weighted by Crippen LogP contribution is 2.30. The molecule has 142 valence electrons. The molecule has 0 atom stereocenters. The van der Waals surface area contributed by atoms with E-state index in [1.807, 2.05) is 0 Å². The van der Waals surface area contributed by atoms with E-state index < -0.39 is 21.9 Å². The second-order valence-electron chi connectivity index (χ2n) is 5.58. The Labute approximate surface area is 156 Å². The molecule has 1 amide bonds. The first-order valence-corrected chi connectivity index (χ1v) is 9.39. The summed E-state index contributed by atoms with van der Waals surface area (Å²) in [6, 6.07) is 10.5. The highest BCUT2D eigenvalue weighted by atomic mass is 32.2.